The van der Waals surface area contributed by atoms with Gasteiger partial charge in [-0.15, -0.1) is 0 Å². The fraction of sp³-hybridized carbons (Fsp3) is 1.00. The van der Waals surface area contributed by atoms with Crippen molar-refractivity contribution in [3.05, 3.63) is 0 Å². The fourth-order valence-corrected chi connectivity index (χ4v) is 3.50. The van der Waals surface area contributed by atoms with E-state index in [4.69, 9.17) is 9.47 Å². The Morgan fingerprint density at radius 3 is 2.61 bits per heavy atom. The van der Waals surface area contributed by atoms with E-state index < -0.39 is 0 Å². The van der Waals surface area contributed by atoms with Crippen LogP contribution in [0.25, 0.3) is 0 Å². The van der Waals surface area contributed by atoms with Crippen molar-refractivity contribution < 1.29 is 9.47 Å². The van der Waals surface area contributed by atoms with Crippen molar-refractivity contribution in [2.75, 3.05) is 33.4 Å². The predicted octanol–water partition coefficient (Wildman–Crippen LogP) is 2.60. The van der Waals surface area contributed by atoms with Gasteiger partial charge in [0.1, 0.15) is 0 Å². The first-order chi connectivity index (χ1) is 8.92. The molecule has 0 bridgehead atoms. The lowest BCUT2D eigenvalue weighted by atomic mass is 9.86. The molecule has 1 saturated heterocycles. The van der Waals surface area contributed by atoms with Crippen LogP contribution in [0.1, 0.15) is 44.9 Å². The molecule has 0 aromatic heterocycles. The Kier molecular flexibility index (Phi) is 6.46. The first-order valence-corrected chi connectivity index (χ1v) is 7.73. The Hall–Kier alpha value is -0.120. The molecule has 1 saturated carbocycles. The summed E-state index contributed by atoms with van der Waals surface area (Å²) in [4.78, 5) is 0. The van der Waals surface area contributed by atoms with E-state index in [9.17, 15) is 0 Å². The lowest BCUT2D eigenvalue weighted by Gasteiger charge is -2.27. The zero-order valence-electron chi connectivity index (χ0n) is 11.8. The molecule has 0 aromatic rings. The maximum Gasteiger partial charge on any atom is 0.0644 e. The van der Waals surface area contributed by atoms with Gasteiger partial charge in [0.2, 0.25) is 0 Å². The fourth-order valence-electron chi connectivity index (χ4n) is 3.50. The van der Waals surface area contributed by atoms with Crippen LogP contribution < -0.4 is 5.32 Å². The highest BCUT2D eigenvalue weighted by atomic mass is 16.5. The molecule has 18 heavy (non-hydrogen) atoms. The number of rotatable bonds is 6. The molecule has 0 radical (unpaired) electrons. The molecule has 0 aromatic carbocycles. The third-order valence-electron chi connectivity index (χ3n) is 4.52. The maximum atomic E-state index is 6.05. The van der Waals surface area contributed by atoms with Gasteiger partial charge >= 0.3 is 0 Å². The molecule has 1 aliphatic heterocycles. The van der Waals surface area contributed by atoms with Crippen LogP contribution in [0.2, 0.25) is 0 Å². The molecule has 3 heteroatoms. The standard InChI is InChI=1S/C15H29NO2/c1-17-11-9-16-12-14-8-10-18-15(14)13-6-4-2-3-5-7-13/h13-16H,2-12H2,1H3. The normalized spacial score (nSPS) is 30.5. The summed E-state index contributed by atoms with van der Waals surface area (Å²) in [5, 5.41) is 3.51. The van der Waals surface area contributed by atoms with E-state index in [1.165, 1.54) is 44.9 Å². The SMILES string of the molecule is COCCNCC1CCOC1C1CCCCCC1. The van der Waals surface area contributed by atoms with Crippen LogP contribution in [0, 0.1) is 11.8 Å². The topological polar surface area (TPSA) is 30.5 Å². The van der Waals surface area contributed by atoms with Crippen molar-refractivity contribution in [2.45, 2.75) is 51.0 Å². The van der Waals surface area contributed by atoms with Gasteiger partial charge in [-0.25, -0.2) is 0 Å². The van der Waals surface area contributed by atoms with E-state index in [0.29, 0.717) is 6.10 Å². The third-order valence-corrected chi connectivity index (χ3v) is 4.52. The second-order valence-electron chi connectivity index (χ2n) is 5.83. The Balaban J connectivity index is 1.75. The second-order valence-corrected chi connectivity index (χ2v) is 5.83. The molecule has 3 nitrogen and oxygen atoms in total. The highest BCUT2D eigenvalue weighted by Gasteiger charge is 2.34. The largest absolute Gasteiger partial charge is 0.383 e. The summed E-state index contributed by atoms with van der Waals surface area (Å²) in [6.45, 7) is 3.84. The Bertz CT molecular complexity index is 215. The lowest BCUT2D eigenvalue weighted by Crippen LogP contribution is -2.34. The molecule has 2 fully saturated rings. The van der Waals surface area contributed by atoms with Gasteiger partial charge in [0.25, 0.3) is 0 Å². The number of hydrogen-bond acceptors (Lipinski definition) is 3. The molecule has 1 N–H and O–H groups in total. The molecule has 2 unspecified atom stereocenters. The molecule has 0 amide bonds. The van der Waals surface area contributed by atoms with E-state index in [2.05, 4.69) is 5.32 Å². The summed E-state index contributed by atoms with van der Waals surface area (Å²) in [6, 6.07) is 0. The number of methoxy groups -OCH3 is 1. The van der Waals surface area contributed by atoms with Crippen molar-refractivity contribution in [1.82, 2.24) is 5.32 Å². The van der Waals surface area contributed by atoms with Crippen LogP contribution in [-0.4, -0.2) is 39.5 Å². The van der Waals surface area contributed by atoms with Gasteiger partial charge in [-0.1, -0.05) is 25.7 Å². The lowest BCUT2D eigenvalue weighted by molar-refractivity contribution is 0.0351. The highest BCUT2D eigenvalue weighted by molar-refractivity contribution is 4.84. The van der Waals surface area contributed by atoms with Crippen molar-refractivity contribution >= 4 is 0 Å². The second kappa shape index (κ2) is 8.13. The highest BCUT2D eigenvalue weighted by Crippen LogP contribution is 2.34. The van der Waals surface area contributed by atoms with E-state index in [-0.39, 0.29) is 0 Å². The summed E-state index contributed by atoms with van der Waals surface area (Å²) in [5.74, 6) is 1.55. The van der Waals surface area contributed by atoms with Gasteiger partial charge in [-0.05, 0) is 25.2 Å². The molecule has 1 heterocycles. The quantitative estimate of drug-likeness (QED) is 0.584. The molecule has 2 atom stereocenters. The van der Waals surface area contributed by atoms with E-state index >= 15 is 0 Å². The van der Waals surface area contributed by atoms with Gasteiger partial charge in [-0.3, -0.25) is 0 Å². The minimum absolute atomic E-state index is 0.526. The molecule has 2 rings (SSSR count). The molecule has 1 aliphatic carbocycles. The number of hydrogen-bond donors (Lipinski definition) is 1. The summed E-state index contributed by atoms with van der Waals surface area (Å²) in [7, 11) is 1.76. The molecular formula is C15H29NO2. The van der Waals surface area contributed by atoms with Crippen LogP contribution in [0.4, 0.5) is 0 Å². The summed E-state index contributed by atoms with van der Waals surface area (Å²) >= 11 is 0. The van der Waals surface area contributed by atoms with E-state index in [1.54, 1.807) is 7.11 Å². The van der Waals surface area contributed by atoms with Crippen molar-refractivity contribution in [2.24, 2.45) is 11.8 Å². The zero-order valence-corrected chi connectivity index (χ0v) is 11.8. The van der Waals surface area contributed by atoms with Gasteiger partial charge in [0, 0.05) is 32.7 Å². The van der Waals surface area contributed by atoms with Gasteiger partial charge in [0.15, 0.2) is 0 Å². The van der Waals surface area contributed by atoms with Crippen LogP contribution >= 0.6 is 0 Å². The minimum Gasteiger partial charge on any atom is -0.383 e. The molecular weight excluding hydrogens is 226 g/mol. The average Bonchev–Trinajstić information content (AvgIpc) is 2.68. The maximum absolute atomic E-state index is 6.05. The van der Waals surface area contributed by atoms with Crippen LogP contribution in [0.5, 0.6) is 0 Å². The first kappa shape index (κ1) is 14.3. The summed E-state index contributed by atoms with van der Waals surface area (Å²) in [6.07, 6.45) is 10.2. The first-order valence-electron chi connectivity index (χ1n) is 7.73. The smallest absolute Gasteiger partial charge is 0.0644 e. The van der Waals surface area contributed by atoms with Crippen molar-refractivity contribution in [3.63, 3.8) is 0 Å². The van der Waals surface area contributed by atoms with Crippen molar-refractivity contribution in [3.8, 4) is 0 Å². The van der Waals surface area contributed by atoms with Crippen LogP contribution in [0.3, 0.4) is 0 Å². The predicted molar refractivity (Wildman–Crippen MR) is 73.8 cm³/mol. The van der Waals surface area contributed by atoms with Crippen LogP contribution in [0.15, 0.2) is 0 Å². The minimum atomic E-state index is 0.526. The zero-order chi connectivity index (χ0) is 12.6. The molecule has 106 valence electrons. The summed E-state index contributed by atoms with van der Waals surface area (Å²) < 4.78 is 11.1. The van der Waals surface area contributed by atoms with Gasteiger partial charge in [0.05, 0.1) is 12.7 Å². The Morgan fingerprint density at radius 1 is 1.11 bits per heavy atom. The van der Waals surface area contributed by atoms with Gasteiger partial charge < -0.3 is 14.8 Å². The third kappa shape index (κ3) is 4.22. The molecule has 2 aliphatic rings. The monoisotopic (exact) mass is 255 g/mol. The van der Waals surface area contributed by atoms with Crippen molar-refractivity contribution in [1.29, 1.82) is 0 Å². The number of nitrogens with one attached hydrogen (secondary N) is 1. The van der Waals surface area contributed by atoms with Gasteiger partial charge in [-0.2, -0.15) is 0 Å². The van der Waals surface area contributed by atoms with E-state index in [0.717, 1.165) is 38.1 Å². The Morgan fingerprint density at radius 2 is 1.89 bits per heavy atom. The number of ether oxygens (including phenoxy) is 2. The summed E-state index contributed by atoms with van der Waals surface area (Å²) in [5.41, 5.74) is 0. The average molecular weight is 255 g/mol. The van der Waals surface area contributed by atoms with Crippen LogP contribution in [-0.2, 0) is 9.47 Å². The van der Waals surface area contributed by atoms with E-state index in [1.807, 2.05) is 0 Å². The molecule has 0 spiro atoms. The Labute approximate surface area is 112 Å².